The van der Waals surface area contributed by atoms with E-state index in [1.54, 1.807) is 24.3 Å². The van der Waals surface area contributed by atoms with Gasteiger partial charge in [0.05, 0.1) is 0 Å². The predicted molar refractivity (Wildman–Crippen MR) is 56.9 cm³/mol. The number of carbonyl (C=O) groups excluding carboxylic acids is 1. The fraction of sp³-hybridized carbons (Fsp3) is 0.300. The lowest BCUT2D eigenvalue weighted by molar-refractivity contribution is -0.169. The molecular formula is C10H10F3NOS. The minimum absolute atomic E-state index is 0.350. The van der Waals surface area contributed by atoms with Crippen molar-refractivity contribution in [2.75, 3.05) is 6.26 Å². The molecule has 0 aliphatic rings. The molecule has 0 heterocycles. The number of rotatable bonds is 2. The van der Waals surface area contributed by atoms with Gasteiger partial charge in [-0.3, -0.25) is 4.79 Å². The van der Waals surface area contributed by atoms with Gasteiger partial charge in [0.15, 0.2) is 0 Å². The summed E-state index contributed by atoms with van der Waals surface area (Å²) in [5.41, 5.74) is 0.868. The normalized spacial score (nSPS) is 13.8. The summed E-state index contributed by atoms with van der Waals surface area (Å²) < 4.78 is 38.8. The van der Waals surface area contributed by atoms with E-state index in [1.165, 1.54) is 6.26 Å². The number of hydrogen-bond acceptors (Lipinski definition) is 1. The Morgan fingerprint density at radius 3 is 2.38 bits per heavy atom. The second kappa shape index (κ2) is 5.25. The van der Waals surface area contributed by atoms with Crippen LogP contribution in [0.5, 0.6) is 0 Å². The highest BCUT2D eigenvalue weighted by Gasteiger charge is 2.38. The molecule has 1 aromatic rings. The first-order chi connectivity index (χ1) is 7.39. The molecule has 0 saturated carbocycles. The summed E-state index contributed by atoms with van der Waals surface area (Å²) in [6.45, 7) is 0. The molecule has 1 aromatic carbocycles. The molecule has 6 heteroatoms. The molecule has 1 atom stereocenters. The molecular weight excluding hydrogens is 239 g/mol. The molecule has 88 valence electrons. The second-order valence-corrected chi connectivity index (χ2v) is 4.80. The van der Waals surface area contributed by atoms with E-state index >= 15 is 0 Å². The average Bonchev–Trinajstić information content (AvgIpc) is 2.17. The first kappa shape index (κ1) is 12.9. The Morgan fingerprint density at radius 2 is 1.88 bits per heavy atom. The third-order valence-corrected chi connectivity index (χ3v) is 2.93. The molecule has 1 unspecified atom stereocenters. The molecule has 2 nitrogen and oxygen atoms in total. The average molecular weight is 249 g/mol. The van der Waals surface area contributed by atoms with Gasteiger partial charge in [-0.05, 0) is 11.8 Å². The number of benzene rings is 1. The van der Waals surface area contributed by atoms with Gasteiger partial charge in [-0.1, -0.05) is 41.0 Å². The molecule has 0 bridgehead atoms. The van der Waals surface area contributed by atoms with Crippen molar-refractivity contribution < 1.29 is 18.0 Å². The summed E-state index contributed by atoms with van der Waals surface area (Å²) in [6.07, 6.45) is -3.35. The third kappa shape index (κ3) is 4.14. The molecule has 0 spiro atoms. The van der Waals surface area contributed by atoms with Crippen LogP contribution in [0.1, 0.15) is 5.56 Å². The lowest BCUT2D eigenvalue weighted by atomic mass is 10.2. The standard InChI is InChI=1S/C10H10F3NOS/c1-16(14-9(15)10(11,12)13)7-8-5-3-2-4-6-8/h2-6H,7H2,1H3. The first-order valence-electron chi connectivity index (χ1n) is 4.39. The van der Waals surface area contributed by atoms with Gasteiger partial charge in [-0.15, -0.1) is 0 Å². The molecule has 0 fully saturated rings. The Balaban J connectivity index is 2.70. The molecule has 1 rings (SSSR count). The molecule has 0 aromatic heterocycles. The number of nitrogens with zero attached hydrogens (tertiary/aromatic N) is 1. The SMILES string of the molecule is C/S(Cc1ccccc1)=N\C(=O)C(F)(F)F. The van der Waals surface area contributed by atoms with E-state index in [4.69, 9.17) is 0 Å². The zero-order chi connectivity index (χ0) is 12.2. The van der Waals surface area contributed by atoms with Crippen LogP contribution in [0.25, 0.3) is 0 Å². The Hall–Kier alpha value is -1.17. The van der Waals surface area contributed by atoms with E-state index in [0.717, 1.165) is 5.56 Å². The van der Waals surface area contributed by atoms with E-state index in [9.17, 15) is 18.0 Å². The molecule has 0 radical (unpaired) electrons. The van der Waals surface area contributed by atoms with Gasteiger partial charge in [0.2, 0.25) is 0 Å². The number of hydrogen-bond donors (Lipinski definition) is 0. The maximum Gasteiger partial charge on any atom is 0.474 e. The zero-order valence-electron chi connectivity index (χ0n) is 8.49. The van der Waals surface area contributed by atoms with Gasteiger partial charge in [0.1, 0.15) is 0 Å². The Kier molecular flexibility index (Phi) is 4.23. The summed E-state index contributed by atoms with van der Waals surface area (Å²) >= 11 is 0. The fourth-order valence-electron chi connectivity index (χ4n) is 1.04. The van der Waals surface area contributed by atoms with Crippen LogP contribution in [0.2, 0.25) is 0 Å². The summed E-state index contributed by atoms with van der Waals surface area (Å²) in [5.74, 6) is -1.66. The lowest BCUT2D eigenvalue weighted by Crippen LogP contribution is -2.21. The zero-order valence-corrected chi connectivity index (χ0v) is 9.31. The molecule has 16 heavy (non-hydrogen) atoms. The van der Waals surface area contributed by atoms with Gasteiger partial charge in [-0.2, -0.15) is 17.5 Å². The second-order valence-electron chi connectivity index (χ2n) is 3.12. The van der Waals surface area contributed by atoms with Gasteiger partial charge in [-0.25, -0.2) is 0 Å². The third-order valence-electron chi connectivity index (χ3n) is 1.70. The van der Waals surface area contributed by atoms with Crippen molar-refractivity contribution in [1.82, 2.24) is 0 Å². The van der Waals surface area contributed by atoms with Crippen molar-refractivity contribution in [2.45, 2.75) is 11.9 Å². The van der Waals surface area contributed by atoms with Crippen LogP contribution < -0.4 is 0 Å². The van der Waals surface area contributed by atoms with Crippen molar-refractivity contribution in [3.8, 4) is 0 Å². The van der Waals surface area contributed by atoms with Crippen molar-refractivity contribution in [3.05, 3.63) is 35.9 Å². The molecule has 0 saturated heterocycles. The maximum absolute atomic E-state index is 11.9. The Labute approximate surface area is 93.6 Å². The summed E-state index contributed by atoms with van der Waals surface area (Å²) in [5, 5.41) is 0. The summed E-state index contributed by atoms with van der Waals surface area (Å²) in [7, 11) is -0.942. The van der Waals surface area contributed by atoms with Gasteiger partial charge in [0, 0.05) is 5.75 Å². The van der Waals surface area contributed by atoms with E-state index in [-0.39, 0.29) is 0 Å². The van der Waals surface area contributed by atoms with Crippen LogP contribution in [0, 0.1) is 0 Å². The van der Waals surface area contributed by atoms with Crippen LogP contribution >= 0.6 is 0 Å². The summed E-state index contributed by atoms with van der Waals surface area (Å²) in [6, 6.07) is 8.97. The number of amides is 1. The van der Waals surface area contributed by atoms with Crippen LogP contribution in [-0.4, -0.2) is 18.3 Å². The van der Waals surface area contributed by atoms with Crippen LogP contribution in [0.4, 0.5) is 13.2 Å². The largest absolute Gasteiger partial charge is 0.474 e. The van der Waals surface area contributed by atoms with E-state index in [2.05, 4.69) is 4.36 Å². The van der Waals surface area contributed by atoms with E-state index < -0.39 is 22.8 Å². The predicted octanol–water partition coefficient (Wildman–Crippen LogP) is 2.71. The highest BCUT2D eigenvalue weighted by molar-refractivity contribution is 7.86. The first-order valence-corrected chi connectivity index (χ1v) is 6.15. The lowest BCUT2D eigenvalue weighted by Gasteiger charge is -2.03. The Bertz CT molecular complexity index is 400. The van der Waals surface area contributed by atoms with Gasteiger partial charge in [0.25, 0.3) is 0 Å². The fourth-order valence-corrected chi connectivity index (χ4v) is 2.17. The quantitative estimate of drug-likeness (QED) is 0.792. The van der Waals surface area contributed by atoms with Crippen molar-refractivity contribution in [2.24, 2.45) is 4.36 Å². The number of halogens is 3. The number of alkyl halides is 3. The molecule has 0 aliphatic heterocycles. The van der Waals surface area contributed by atoms with Crippen LogP contribution in [0.3, 0.4) is 0 Å². The number of carbonyl (C=O) groups is 1. The molecule has 0 aliphatic carbocycles. The molecule has 1 amide bonds. The van der Waals surface area contributed by atoms with Crippen molar-refractivity contribution in [3.63, 3.8) is 0 Å². The maximum atomic E-state index is 11.9. The van der Waals surface area contributed by atoms with E-state index in [0.29, 0.717) is 5.75 Å². The van der Waals surface area contributed by atoms with Gasteiger partial charge >= 0.3 is 12.1 Å². The topological polar surface area (TPSA) is 29.4 Å². The minimum Gasteiger partial charge on any atom is -0.261 e. The van der Waals surface area contributed by atoms with Crippen molar-refractivity contribution >= 4 is 16.6 Å². The van der Waals surface area contributed by atoms with Crippen LogP contribution in [-0.2, 0) is 21.2 Å². The Morgan fingerprint density at radius 1 is 1.31 bits per heavy atom. The van der Waals surface area contributed by atoms with E-state index in [1.807, 2.05) is 6.07 Å². The monoisotopic (exact) mass is 249 g/mol. The van der Waals surface area contributed by atoms with Gasteiger partial charge < -0.3 is 0 Å². The minimum atomic E-state index is -4.86. The molecule has 0 N–H and O–H groups in total. The van der Waals surface area contributed by atoms with Crippen LogP contribution in [0.15, 0.2) is 34.7 Å². The van der Waals surface area contributed by atoms with Crippen molar-refractivity contribution in [1.29, 1.82) is 0 Å². The smallest absolute Gasteiger partial charge is 0.261 e. The summed E-state index contributed by atoms with van der Waals surface area (Å²) in [4.78, 5) is 10.6. The highest BCUT2D eigenvalue weighted by Crippen LogP contribution is 2.17. The highest BCUT2D eigenvalue weighted by atomic mass is 32.2.